The second kappa shape index (κ2) is 6.85. The van der Waals surface area contributed by atoms with E-state index in [9.17, 15) is 5.11 Å². The van der Waals surface area contributed by atoms with Crippen molar-refractivity contribution >= 4 is 17.2 Å². The van der Waals surface area contributed by atoms with Crippen LogP contribution in [-0.4, -0.2) is 44.8 Å². The van der Waals surface area contributed by atoms with Gasteiger partial charge in [-0.25, -0.2) is 4.98 Å². The molecule has 4 N–H and O–H groups in total. The Morgan fingerprint density at radius 3 is 2.81 bits per heavy atom. The van der Waals surface area contributed by atoms with Crippen molar-refractivity contribution in [2.75, 3.05) is 23.7 Å². The van der Waals surface area contributed by atoms with Crippen molar-refractivity contribution < 1.29 is 5.11 Å². The number of aromatic nitrogens is 3. The molecule has 1 aromatic carbocycles. The zero-order valence-corrected chi connectivity index (χ0v) is 15.1. The van der Waals surface area contributed by atoms with Gasteiger partial charge in [-0.3, -0.25) is 10.1 Å². The minimum absolute atomic E-state index is 0.318. The summed E-state index contributed by atoms with van der Waals surface area (Å²) in [5, 5.41) is 22.7. The molecule has 1 fully saturated rings. The summed E-state index contributed by atoms with van der Waals surface area (Å²) in [4.78, 5) is 6.44. The van der Waals surface area contributed by atoms with Crippen LogP contribution in [0.3, 0.4) is 0 Å². The Kier molecular flexibility index (Phi) is 4.37. The van der Waals surface area contributed by atoms with Crippen LogP contribution in [0.2, 0.25) is 0 Å². The number of rotatable bonds is 4. The molecule has 0 bridgehead atoms. The summed E-state index contributed by atoms with van der Waals surface area (Å²) < 4.78 is 1.75. The second-order valence-electron chi connectivity index (χ2n) is 6.87. The zero-order valence-electron chi connectivity index (χ0n) is 15.1. The van der Waals surface area contributed by atoms with Crippen LogP contribution in [0.25, 0.3) is 11.1 Å². The molecule has 138 valence electrons. The Morgan fingerprint density at radius 2 is 2.11 bits per heavy atom. The highest BCUT2D eigenvalue weighted by Crippen LogP contribution is 2.26. The Balaban J connectivity index is 1.66. The number of nitrogens with zero attached hydrogens (tertiary/aromatic N) is 4. The van der Waals surface area contributed by atoms with Crippen molar-refractivity contribution in [3.8, 4) is 11.1 Å². The van der Waals surface area contributed by atoms with E-state index in [1.165, 1.54) is 0 Å². The average molecular weight is 362 g/mol. The van der Waals surface area contributed by atoms with Crippen LogP contribution in [0.15, 0.2) is 48.9 Å². The molecule has 1 unspecified atom stereocenters. The third-order valence-electron chi connectivity index (χ3n) is 4.88. The third kappa shape index (κ3) is 3.41. The molecule has 1 saturated heterocycles. The fourth-order valence-electron chi connectivity index (χ4n) is 3.37. The molecule has 7 nitrogen and oxygen atoms in total. The fourth-order valence-corrected chi connectivity index (χ4v) is 3.37. The SMILES string of the molecule is Cn1cc(-c2ccc(N)c(C(=N)c3ccnc(N4CCC(O)C4)c3)c2)cn1. The van der Waals surface area contributed by atoms with Crippen LogP contribution in [-0.2, 0) is 7.05 Å². The number of nitrogen functional groups attached to an aromatic ring is 1. The summed E-state index contributed by atoms with van der Waals surface area (Å²) in [5.41, 5.74) is 10.4. The van der Waals surface area contributed by atoms with Crippen LogP contribution in [0.1, 0.15) is 17.5 Å². The van der Waals surface area contributed by atoms with Crippen LogP contribution in [0, 0.1) is 5.41 Å². The molecule has 4 rings (SSSR count). The van der Waals surface area contributed by atoms with Gasteiger partial charge in [0.1, 0.15) is 5.82 Å². The van der Waals surface area contributed by atoms with Gasteiger partial charge in [-0.15, -0.1) is 0 Å². The minimum Gasteiger partial charge on any atom is -0.398 e. The first-order chi connectivity index (χ1) is 13.0. The molecule has 27 heavy (non-hydrogen) atoms. The highest BCUT2D eigenvalue weighted by Gasteiger charge is 2.22. The van der Waals surface area contributed by atoms with Crippen molar-refractivity contribution in [3.05, 3.63) is 60.0 Å². The first-order valence-electron chi connectivity index (χ1n) is 8.88. The standard InChI is InChI=1S/C20H22N6O/c1-25-11-15(10-24-25)13-2-3-18(21)17(8-13)20(22)14-4-6-23-19(9-14)26-7-5-16(27)12-26/h2-4,6,8-11,16,22,27H,5,7,12,21H2,1H3. The molecule has 7 heteroatoms. The number of aliphatic hydroxyl groups is 1. The highest BCUT2D eigenvalue weighted by atomic mass is 16.3. The molecule has 0 spiro atoms. The van der Waals surface area contributed by atoms with Crippen molar-refractivity contribution in [1.82, 2.24) is 14.8 Å². The maximum Gasteiger partial charge on any atom is 0.129 e. The van der Waals surface area contributed by atoms with Crippen molar-refractivity contribution in [2.45, 2.75) is 12.5 Å². The number of benzene rings is 1. The Hall–Kier alpha value is -3.19. The van der Waals surface area contributed by atoms with Gasteiger partial charge in [0.15, 0.2) is 0 Å². The second-order valence-corrected chi connectivity index (χ2v) is 6.87. The van der Waals surface area contributed by atoms with E-state index in [1.807, 2.05) is 48.5 Å². The first-order valence-corrected chi connectivity index (χ1v) is 8.88. The lowest BCUT2D eigenvalue weighted by Gasteiger charge is -2.17. The van der Waals surface area contributed by atoms with E-state index < -0.39 is 0 Å². The number of pyridine rings is 1. The van der Waals surface area contributed by atoms with Gasteiger partial charge in [-0.05, 0) is 36.2 Å². The summed E-state index contributed by atoms with van der Waals surface area (Å²) in [7, 11) is 1.87. The van der Waals surface area contributed by atoms with E-state index in [0.717, 1.165) is 35.5 Å². The molecule has 3 heterocycles. The number of nitrogens with two attached hydrogens (primary N) is 1. The first kappa shape index (κ1) is 17.2. The van der Waals surface area contributed by atoms with Gasteiger partial charge in [-0.1, -0.05) is 6.07 Å². The number of hydrogen-bond acceptors (Lipinski definition) is 6. The molecule has 2 aromatic heterocycles. The minimum atomic E-state index is -0.318. The number of aliphatic hydroxyl groups excluding tert-OH is 1. The predicted octanol–water partition coefficient (Wildman–Crippen LogP) is 2.05. The summed E-state index contributed by atoms with van der Waals surface area (Å²) in [5.74, 6) is 0.774. The number of anilines is 2. The van der Waals surface area contributed by atoms with Crippen molar-refractivity contribution in [1.29, 1.82) is 5.41 Å². The third-order valence-corrected chi connectivity index (χ3v) is 4.88. The summed E-state index contributed by atoms with van der Waals surface area (Å²) in [6, 6.07) is 9.39. The van der Waals surface area contributed by atoms with Gasteiger partial charge in [0.25, 0.3) is 0 Å². The topological polar surface area (TPSA) is 104 Å². The molecule has 1 atom stereocenters. The lowest BCUT2D eigenvalue weighted by atomic mass is 9.97. The van der Waals surface area contributed by atoms with E-state index >= 15 is 0 Å². The van der Waals surface area contributed by atoms with E-state index in [4.69, 9.17) is 11.1 Å². The van der Waals surface area contributed by atoms with Gasteiger partial charge in [0.2, 0.25) is 0 Å². The Morgan fingerprint density at radius 1 is 1.26 bits per heavy atom. The van der Waals surface area contributed by atoms with E-state index in [-0.39, 0.29) is 6.10 Å². The molecule has 1 aliphatic rings. The number of hydrogen-bond donors (Lipinski definition) is 3. The van der Waals surface area contributed by atoms with Gasteiger partial charge >= 0.3 is 0 Å². The zero-order chi connectivity index (χ0) is 19.0. The molecule has 0 aliphatic carbocycles. The molecule has 0 amide bonds. The number of nitrogens with one attached hydrogen (secondary N) is 1. The van der Waals surface area contributed by atoms with Gasteiger partial charge in [0, 0.05) is 54.9 Å². The molecule has 0 saturated carbocycles. The molecular formula is C20H22N6O. The molecule has 1 aliphatic heterocycles. The smallest absolute Gasteiger partial charge is 0.129 e. The van der Waals surface area contributed by atoms with E-state index in [2.05, 4.69) is 10.1 Å². The van der Waals surface area contributed by atoms with Gasteiger partial charge < -0.3 is 15.7 Å². The molecular weight excluding hydrogens is 340 g/mol. The van der Waals surface area contributed by atoms with Gasteiger partial charge in [0.05, 0.1) is 18.0 Å². The van der Waals surface area contributed by atoms with E-state index in [0.29, 0.717) is 23.5 Å². The molecule has 3 aromatic rings. The predicted molar refractivity (Wildman–Crippen MR) is 106 cm³/mol. The van der Waals surface area contributed by atoms with E-state index in [1.54, 1.807) is 17.1 Å². The number of β-amino-alcohol motifs (C(OH)–C–C–N with tert-alkyl or cyclic N) is 1. The van der Waals surface area contributed by atoms with Crippen molar-refractivity contribution in [3.63, 3.8) is 0 Å². The summed E-state index contributed by atoms with van der Waals surface area (Å²) in [6.45, 7) is 1.34. The number of aryl methyl sites for hydroxylation is 1. The quantitative estimate of drug-likeness (QED) is 0.487. The summed E-state index contributed by atoms with van der Waals surface area (Å²) in [6.07, 6.45) is 5.85. The monoisotopic (exact) mass is 362 g/mol. The maximum atomic E-state index is 9.76. The van der Waals surface area contributed by atoms with Crippen LogP contribution < -0.4 is 10.6 Å². The largest absolute Gasteiger partial charge is 0.398 e. The lowest BCUT2D eigenvalue weighted by molar-refractivity contribution is 0.198. The normalized spacial score (nSPS) is 16.7. The fraction of sp³-hybridized carbons (Fsp3) is 0.250. The highest BCUT2D eigenvalue weighted by molar-refractivity contribution is 6.14. The summed E-state index contributed by atoms with van der Waals surface area (Å²) >= 11 is 0. The van der Waals surface area contributed by atoms with Crippen molar-refractivity contribution in [2.24, 2.45) is 7.05 Å². The molecule has 0 radical (unpaired) electrons. The van der Waals surface area contributed by atoms with Crippen LogP contribution in [0.4, 0.5) is 11.5 Å². The van der Waals surface area contributed by atoms with Crippen LogP contribution in [0.5, 0.6) is 0 Å². The average Bonchev–Trinajstić information content (AvgIpc) is 3.30. The Bertz CT molecular complexity index is 996. The van der Waals surface area contributed by atoms with Gasteiger partial charge in [-0.2, -0.15) is 5.10 Å². The Labute approximate surface area is 157 Å². The maximum absolute atomic E-state index is 9.76. The van der Waals surface area contributed by atoms with Crippen LogP contribution >= 0.6 is 0 Å². The lowest BCUT2D eigenvalue weighted by Crippen LogP contribution is -2.22.